The highest BCUT2D eigenvalue weighted by Crippen LogP contribution is 2.14. The molecule has 0 N–H and O–H groups in total. The number of hydrogen-bond donors (Lipinski definition) is 0. The Bertz CT molecular complexity index is 371. The van der Waals surface area contributed by atoms with E-state index in [4.69, 9.17) is 0 Å². The smallest absolute Gasteiger partial charge is 0.188 e. The molecule has 13 heavy (non-hydrogen) atoms. The third-order valence-electron chi connectivity index (χ3n) is 1.44. The third kappa shape index (κ3) is 1.77. The van der Waals surface area contributed by atoms with Gasteiger partial charge in [0.25, 0.3) is 0 Å². The summed E-state index contributed by atoms with van der Waals surface area (Å²) >= 11 is 0. The highest BCUT2D eigenvalue weighted by molar-refractivity contribution is 6.04. The average molecular weight is 186 g/mol. The molecule has 1 aromatic rings. The van der Waals surface area contributed by atoms with Gasteiger partial charge in [-0.1, -0.05) is 6.58 Å². The molecule has 0 heterocycles. The van der Waals surface area contributed by atoms with Gasteiger partial charge in [0.1, 0.15) is 5.82 Å². The maximum absolute atomic E-state index is 12.8. The lowest BCUT2D eigenvalue weighted by molar-refractivity contribution is 0.104. The quantitative estimate of drug-likeness (QED) is 0.394. The molecule has 0 saturated heterocycles. The van der Waals surface area contributed by atoms with Crippen molar-refractivity contribution in [3.05, 3.63) is 47.8 Å². The zero-order chi connectivity index (χ0) is 10.0. The van der Waals surface area contributed by atoms with E-state index in [1.54, 1.807) is 0 Å². The van der Waals surface area contributed by atoms with Gasteiger partial charge in [0.2, 0.25) is 0 Å². The highest BCUT2D eigenvalue weighted by Gasteiger charge is 2.14. The van der Waals surface area contributed by atoms with E-state index in [9.17, 15) is 18.0 Å². The number of halogens is 3. The fourth-order valence-corrected chi connectivity index (χ4v) is 0.845. The van der Waals surface area contributed by atoms with E-state index in [1.165, 1.54) is 0 Å². The highest BCUT2D eigenvalue weighted by atomic mass is 19.2. The van der Waals surface area contributed by atoms with Crippen LogP contribution in [0.3, 0.4) is 0 Å². The van der Waals surface area contributed by atoms with Crippen molar-refractivity contribution >= 4 is 5.78 Å². The molecule has 0 atom stereocenters. The Morgan fingerprint density at radius 1 is 1.31 bits per heavy atom. The molecule has 0 aromatic heterocycles. The molecular weight excluding hydrogens is 181 g/mol. The van der Waals surface area contributed by atoms with Gasteiger partial charge in [-0.15, -0.1) is 0 Å². The van der Waals surface area contributed by atoms with Crippen molar-refractivity contribution in [1.82, 2.24) is 0 Å². The van der Waals surface area contributed by atoms with Gasteiger partial charge in [-0.25, -0.2) is 13.2 Å². The normalized spacial score (nSPS) is 9.77. The van der Waals surface area contributed by atoms with Crippen molar-refractivity contribution in [3.63, 3.8) is 0 Å². The first-order chi connectivity index (χ1) is 6.06. The lowest BCUT2D eigenvalue weighted by Gasteiger charge is -1.99. The maximum Gasteiger partial charge on any atom is 0.188 e. The zero-order valence-corrected chi connectivity index (χ0v) is 6.48. The van der Waals surface area contributed by atoms with Crippen molar-refractivity contribution in [2.24, 2.45) is 0 Å². The number of carbonyl (C=O) groups excluding carboxylic acids is 1. The molecule has 0 saturated carbocycles. The molecule has 0 spiro atoms. The van der Waals surface area contributed by atoms with Crippen LogP contribution in [0.4, 0.5) is 13.2 Å². The molecule has 0 bridgehead atoms. The lowest BCUT2D eigenvalue weighted by atomic mass is 10.1. The third-order valence-corrected chi connectivity index (χ3v) is 1.44. The van der Waals surface area contributed by atoms with Crippen LogP contribution < -0.4 is 0 Å². The lowest BCUT2D eigenvalue weighted by Crippen LogP contribution is -2.02. The minimum absolute atomic E-state index is 0.370. The van der Waals surface area contributed by atoms with Crippen molar-refractivity contribution in [2.45, 2.75) is 0 Å². The molecule has 0 aliphatic carbocycles. The number of rotatable bonds is 2. The van der Waals surface area contributed by atoms with Crippen LogP contribution in [0.25, 0.3) is 0 Å². The molecule has 68 valence electrons. The van der Waals surface area contributed by atoms with E-state index in [1.807, 2.05) is 0 Å². The summed E-state index contributed by atoms with van der Waals surface area (Å²) < 4.78 is 37.9. The first-order valence-electron chi connectivity index (χ1n) is 3.37. The summed E-state index contributed by atoms with van der Waals surface area (Å²) in [5.74, 6) is -4.59. The maximum atomic E-state index is 12.8. The summed E-state index contributed by atoms with van der Waals surface area (Å²) in [5, 5.41) is 0. The number of allylic oxidation sites excluding steroid dienone is 1. The standard InChI is InChI=1S/C9H5F3O/c1-2-8(13)6-3-5(10)4-7(11)9(6)12/h2-4H,1H2. The van der Waals surface area contributed by atoms with Crippen molar-refractivity contribution in [3.8, 4) is 0 Å². The fraction of sp³-hybridized carbons (Fsp3) is 0. The topological polar surface area (TPSA) is 17.1 Å². The monoisotopic (exact) mass is 186 g/mol. The van der Waals surface area contributed by atoms with E-state index in [0.29, 0.717) is 12.1 Å². The van der Waals surface area contributed by atoms with Crippen LogP contribution in [0.2, 0.25) is 0 Å². The van der Waals surface area contributed by atoms with E-state index >= 15 is 0 Å². The Labute approximate surface area is 72.5 Å². The SMILES string of the molecule is C=CC(=O)c1cc(F)cc(F)c1F. The predicted octanol–water partition coefficient (Wildman–Crippen LogP) is 2.47. The average Bonchev–Trinajstić information content (AvgIpc) is 2.10. The molecule has 0 aliphatic heterocycles. The van der Waals surface area contributed by atoms with Gasteiger partial charge in [-0.3, -0.25) is 4.79 Å². The number of hydrogen-bond acceptors (Lipinski definition) is 1. The van der Waals surface area contributed by atoms with Gasteiger partial charge < -0.3 is 0 Å². The summed E-state index contributed by atoms with van der Waals surface area (Å²) in [6.45, 7) is 3.08. The molecule has 1 aromatic carbocycles. The largest absolute Gasteiger partial charge is 0.289 e. The Kier molecular flexibility index (Phi) is 2.51. The molecule has 0 fully saturated rings. The first-order valence-corrected chi connectivity index (χ1v) is 3.37. The Morgan fingerprint density at radius 3 is 2.46 bits per heavy atom. The second-order valence-electron chi connectivity index (χ2n) is 2.32. The summed E-state index contributed by atoms with van der Waals surface area (Å²) in [5.41, 5.74) is -0.646. The molecule has 0 radical (unpaired) electrons. The molecule has 0 amide bonds. The zero-order valence-electron chi connectivity index (χ0n) is 6.48. The van der Waals surface area contributed by atoms with Crippen LogP contribution in [0.15, 0.2) is 24.8 Å². The molecular formula is C9H5F3O. The van der Waals surface area contributed by atoms with Crippen molar-refractivity contribution in [1.29, 1.82) is 0 Å². The van der Waals surface area contributed by atoms with Crippen LogP contribution in [-0.2, 0) is 0 Å². The summed E-state index contributed by atoms with van der Waals surface area (Å²) in [7, 11) is 0. The Hall–Kier alpha value is -1.58. The van der Waals surface area contributed by atoms with Crippen LogP contribution in [0.1, 0.15) is 10.4 Å². The molecule has 0 unspecified atom stereocenters. The molecule has 4 heteroatoms. The molecule has 0 aliphatic rings. The van der Waals surface area contributed by atoms with Crippen LogP contribution in [-0.4, -0.2) is 5.78 Å². The number of benzene rings is 1. The Balaban J connectivity index is 3.36. The van der Waals surface area contributed by atoms with E-state index in [-0.39, 0.29) is 0 Å². The van der Waals surface area contributed by atoms with Gasteiger partial charge in [0.15, 0.2) is 17.4 Å². The summed E-state index contributed by atoms with van der Waals surface area (Å²) in [4.78, 5) is 10.8. The first kappa shape index (κ1) is 9.51. The second kappa shape index (κ2) is 3.43. The van der Waals surface area contributed by atoms with Gasteiger partial charge in [-0.05, 0) is 12.1 Å². The minimum atomic E-state index is -1.38. The summed E-state index contributed by atoms with van der Waals surface area (Å²) in [6, 6.07) is 0.998. The Morgan fingerprint density at radius 2 is 1.92 bits per heavy atom. The summed E-state index contributed by atoms with van der Waals surface area (Å²) in [6.07, 6.45) is 0.789. The number of carbonyl (C=O) groups is 1. The predicted molar refractivity (Wildman–Crippen MR) is 40.8 cm³/mol. The van der Waals surface area contributed by atoms with Crippen molar-refractivity contribution in [2.75, 3.05) is 0 Å². The van der Waals surface area contributed by atoms with Crippen molar-refractivity contribution < 1.29 is 18.0 Å². The minimum Gasteiger partial charge on any atom is -0.289 e. The van der Waals surface area contributed by atoms with Crippen LogP contribution in [0.5, 0.6) is 0 Å². The van der Waals surface area contributed by atoms with Gasteiger partial charge in [0.05, 0.1) is 5.56 Å². The fourth-order valence-electron chi connectivity index (χ4n) is 0.845. The number of ketones is 1. The van der Waals surface area contributed by atoms with E-state index in [0.717, 1.165) is 6.08 Å². The van der Waals surface area contributed by atoms with Gasteiger partial charge >= 0.3 is 0 Å². The van der Waals surface area contributed by atoms with Gasteiger partial charge in [-0.2, -0.15) is 0 Å². The molecule has 1 rings (SSSR count). The molecule has 1 nitrogen and oxygen atoms in total. The van der Waals surface area contributed by atoms with Crippen LogP contribution in [0, 0.1) is 17.5 Å². The van der Waals surface area contributed by atoms with E-state index in [2.05, 4.69) is 6.58 Å². The van der Waals surface area contributed by atoms with E-state index < -0.39 is 28.8 Å². The van der Waals surface area contributed by atoms with Crippen LogP contribution >= 0.6 is 0 Å². The van der Waals surface area contributed by atoms with Gasteiger partial charge in [0, 0.05) is 6.07 Å². The second-order valence-corrected chi connectivity index (χ2v) is 2.32.